The second kappa shape index (κ2) is 10.1. The molecule has 0 amide bonds. The van der Waals surface area contributed by atoms with E-state index < -0.39 is 0 Å². The van der Waals surface area contributed by atoms with Gasteiger partial charge in [0.25, 0.3) is 0 Å². The van der Waals surface area contributed by atoms with Crippen molar-refractivity contribution in [1.29, 1.82) is 0 Å². The van der Waals surface area contributed by atoms with Gasteiger partial charge in [0.15, 0.2) is 0 Å². The molecule has 0 atom stereocenters. The van der Waals surface area contributed by atoms with E-state index in [1.165, 1.54) is 74.8 Å². The molecule has 0 aliphatic heterocycles. The Morgan fingerprint density at radius 1 is 0.537 bits per heavy atom. The molecular formula is C39H27NS. The summed E-state index contributed by atoms with van der Waals surface area (Å²) in [6.45, 7) is 0. The maximum absolute atomic E-state index is 4.62. The molecule has 2 heteroatoms. The van der Waals surface area contributed by atoms with Crippen LogP contribution >= 0.6 is 11.8 Å². The van der Waals surface area contributed by atoms with Crippen LogP contribution in [-0.4, -0.2) is 4.98 Å². The Balaban J connectivity index is 1.37. The number of benzene rings is 6. The fourth-order valence-corrected chi connectivity index (χ4v) is 7.55. The normalized spacial score (nSPS) is 12.7. The van der Waals surface area contributed by atoms with Gasteiger partial charge in [0, 0.05) is 27.6 Å². The average molecular weight is 542 g/mol. The second-order valence-electron chi connectivity index (χ2n) is 10.6. The van der Waals surface area contributed by atoms with Crippen molar-refractivity contribution >= 4 is 56.2 Å². The van der Waals surface area contributed by atoms with Crippen LogP contribution in [0.25, 0.3) is 66.7 Å². The predicted molar refractivity (Wildman–Crippen MR) is 176 cm³/mol. The van der Waals surface area contributed by atoms with E-state index in [1.807, 2.05) is 18.0 Å². The van der Waals surface area contributed by atoms with Gasteiger partial charge in [-0.2, -0.15) is 0 Å². The summed E-state index contributed by atoms with van der Waals surface area (Å²) in [6.07, 6.45) is 11.0. The standard InChI is InChI=1S/C39H27NS/c1-2-11-27(12-3-1)30-20-21-37(32-15-7-6-14-31(30)32)41-39-34-17-9-8-16-33(34)38(36-25-40-23-22-35(36)39)29-19-18-26-10-4-5-13-28(26)24-29/h1-7,10-25H,8-9H2. The minimum Gasteiger partial charge on any atom is -0.264 e. The zero-order valence-electron chi connectivity index (χ0n) is 22.5. The molecule has 7 aromatic rings. The number of hydrogen-bond acceptors (Lipinski definition) is 2. The van der Waals surface area contributed by atoms with Gasteiger partial charge in [0.1, 0.15) is 0 Å². The van der Waals surface area contributed by atoms with Crippen LogP contribution in [0.15, 0.2) is 137 Å². The molecule has 1 aromatic heterocycles. The Hall–Kier alpha value is -4.66. The SMILES string of the molecule is C1=c2c(Sc3ccc(-c4ccccc4)c4ccccc34)c3ccncc3c(-c3ccc4ccccc4c3)c2=CCC1. The van der Waals surface area contributed by atoms with Gasteiger partial charge >= 0.3 is 0 Å². The summed E-state index contributed by atoms with van der Waals surface area (Å²) in [5.41, 5.74) is 5.06. The van der Waals surface area contributed by atoms with Crippen molar-refractivity contribution in [1.82, 2.24) is 4.98 Å². The molecule has 0 N–H and O–H groups in total. The molecule has 194 valence electrons. The maximum atomic E-state index is 4.62. The Morgan fingerprint density at radius 2 is 1.29 bits per heavy atom. The van der Waals surface area contributed by atoms with E-state index >= 15 is 0 Å². The molecule has 0 saturated heterocycles. The lowest BCUT2D eigenvalue weighted by Crippen LogP contribution is -2.31. The lowest BCUT2D eigenvalue weighted by molar-refractivity contribution is 1.11. The molecule has 8 rings (SSSR count). The summed E-state index contributed by atoms with van der Waals surface area (Å²) in [6, 6.07) is 41.8. The number of aromatic nitrogens is 1. The van der Waals surface area contributed by atoms with Gasteiger partial charge in [0.05, 0.1) is 0 Å². The van der Waals surface area contributed by atoms with Crippen molar-refractivity contribution in [3.8, 4) is 22.3 Å². The van der Waals surface area contributed by atoms with Crippen LogP contribution in [0.1, 0.15) is 12.8 Å². The van der Waals surface area contributed by atoms with E-state index in [-0.39, 0.29) is 0 Å². The van der Waals surface area contributed by atoms with Crippen LogP contribution in [0.4, 0.5) is 0 Å². The van der Waals surface area contributed by atoms with Crippen LogP contribution in [0.5, 0.6) is 0 Å². The van der Waals surface area contributed by atoms with Crippen LogP contribution < -0.4 is 10.4 Å². The van der Waals surface area contributed by atoms with E-state index in [2.05, 4.69) is 139 Å². The summed E-state index contributed by atoms with van der Waals surface area (Å²) in [5, 5.41) is 10.2. The fourth-order valence-electron chi connectivity index (χ4n) is 6.31. The molecule has 41 heavy (non-hydrogen) atoms. The summed E-state index contributed by atoms with van der Waals surface area (Å²) in [7, 11) is 0. The molecule has 0 unspecified atom stereocenters. The molecule has 0 radical (unpaired) electrons. The van der Waals surface area contributed by atoms with Crippen LogP contribution in [0.3, 0.4) is 0 Å². The number of hydrogen-bond donors (Lipinski definition) is 0. The third-order valence-corrected chi connectivity index (χ3v) is 9.44. The average Bonchev–Trinajstić information content (AvgIpc) is 3.05. The largest absolute Gasteiger partial charge is 0.264 e. The van der Waals surface area contributed by atoms with Crippen LogP contribution in [-0.2, 0) is 0 Å². The van der Waals surface area contributed by atoms with Crippen molar-refractivity contribution in [3.63, 3.8) is 0 Å². The van der Waals surface area contributed by atoms with Gasteiger partial charge in [-0.1, -0.05) is 121 Å². The van der Waals surface area contributed by atoms with Gasteiger partial charge in [-0.05, 0) is 90.7 Å². The summed E-state index contributed by atoms with van der Waals surface area (Å²) < 4.78 is 0. The molecule has 0 spiro atoms. The third-order valence-electron chi connectivity index (χ3n) is 8.22. The molecule has 1 aliphatic rings. The van der Waals surface area contributed by atoms with E-state index in [0.717, 1.165) is 12.8 Å². The molecule has 0 saturated carbocycles. The molecule has 0 bridgehead atoms. The third kappa shape index (κ3) is 4.15. The zero-order valence-corrected chi connectivity index (χ0v) is 23.4. The highest BCUT2D eigenvalue weighted by molar-refractivity contribution is 7.99. The van der Waals surface area contributed by atoms with Gasteiger partial charge in [-0.25, -0.2) is 0 Å². The molecule has 0 fully saturated rings. The van der Waals surface area contributed by atoms with Crippen LogP contribution in [0, 0.1) is 0 Å². The summed E-state index contributed by atoms with van der Waals surface area (Å²) in [4.78, 5) is 7.21. The lowest BCUT2D eigenvalue weighted by Gasteiger charge is -2.18. The van der Waals surface area contributed by atoms with Crippen molar-refractivity contribution < 1.29 is 0 Å². The highest BCUT2D eigenvalue weighted by Crippen LogP contribution is 2.40. The quantitative estimate of drug-likeness (QED) is 0.220. The van der Waals surface area contributed by atoms with Crippen molar-refractivity contribution in [2.24, 2.45) is 0 Å². The Kier molecular flexibility index (Phi) is 5.93. The van der Waals surface area contributed by atoms with Crippen molar-refractivity contribution in [2.75, 3.05) is 0 Å². The lowest BCUT2D eigenvalue weighted by atomic mass is 9.92. The van der Waals surface area contributed by atoms with E-state index in [4.69, 9.17) is 0 Å². The first-order chi connectivity index (χ1) is 20.3. The number of fused-ring (bicyclic) bond motifs is 4. The molecule has 1 aliphatic carbocycles. The number of rotatable bonds is 4. The highest BCUT2D eigenvalue weighted by Gasteiger charge is 2.17. The second-order valence-corrected chi connectivity index (χ2v) is 11.7. The van der Waals surface area contributed by atoms with Gasteiger partial charge in [0.2, 0.25) is 0 Å². The predicted octanol–water partition coefficient (Wildman–Crippen LogP) is 9.38. The van der Waals surface area contributed by atoms with E-state index in [0.29, 0.717) is 0 Å². The first-order valence-electron chi connectivity index (χ1n) is 14.2. The first kappa shape index (κ1) is 24.2. The number of nitrogens with zero attached hydrogens (tertiary/aromatic N) is 1. The monoisotopic (exact) mass is 541 g/mol. The molecule has 1 heterocycles. The molecular weight excluding hydrogens is 515 g/mol. The zero-order chi connectivity index (χ0) is 27.2. The smallest absolute Gasteiger partial charge is 0.0353 e. The highest BCUT2D eigenvalue weighted by atomic mass is 32.2. The Morgan fingerprint density at radius 3 is 2.17 bits per heavy atom. The van der Waals surface area contributed by atoms with E-state index in [9.17, 15) is 0 Å². The molecule has 1 nitrogen and oxygen atoms in total. The summed E-state index contributed by atoms with van der Waals surface area (Å²) >= 11 is 1.89. The Bertz CT molecular complexity index is 2230. The number of pyridine rings is 1. The first-order valence-corrected chi connectivity index (χ1v) is 15.0. The van der Waals surface area contributed by atoms with Gasteiger partial charge in [-0.3, -0.25) is 4.98 Å². The topological polar surface area (TPSA) is 12.9 Å². The Labute approximate surface area is 243 Å². The molecule has 6 aromatic carbocycles. The summed E-state index contributed by atoms with van der Waals surface area (Å²) in [5.74, 6) is 0. The minimum atomic E-state index is 1.05. The minimum absolute atomic E-state index is 1.05. The van der Waals surface area contributed by atoms with Crippen molar-refractivity contribution in [3.05, 3.63) is 138 Å². The van der Waals surface area contributed by atoms with Gasteiger partial charge < -0.3 is 0 Å². The van der Waals surface area contributed by atoms with Gasteiger partial charge in [-0.15, -0.1) is 0 Å². The van der Waals surface area contributed by atoms with E-state index in [1.54, 1.807) is 0 Å². The fraction of sp³-hybridized carbons (Fsp3) is 0.0513. The maximum Gasteiger partial charge on any atom is 0.0353 e. The van der Waals surface area contributed by atoms with Crippen LogP contribution in [0.2, 0.25) is 0 Å². The van der Waals surface area contributed by atoms with Crippen molar-refractivity contribution in [2.45, 2.75) is 22.6 Å².